The lowest BCUT2D eigenvalue weighted by atomic mass is 9.86. The van der Waals surface area contributed by atoms with Gasteiger partial charge >= 0.3 is 0 Å². The summed E-state index contributed by atoms with van der Waals surface area (Å²) in [7, 11) is 0. The molecule has 0 bridgehead atoms. The Balaban J connectivity index is 1.50. The topological polar surface area (TPSA) is 44.9 Å². The van der Waals surface area contributed by atoms with E-state index in [4.69, 9.17) is 11.6 Å². The normalized spacial score (nSPS) is 16.6. The third-order valence-corrected chi connectivity index (χ3v) is 5.17. The predicted octanol–water partition coefficient (Wildman–Crippen LogP) is 4.38. The van der Waals surface area contributed by atoms with E-state index in [0.717, 1.165) is 23.7 Å². The van der Waals surface area contributed by atoms with Crippen LogP contribution in [0.2, 0.25) is 5.02 Å². The molecule has 1 aliphatic rings. The summed E-state index contributed by atoms with van der Waals surface area (Å²) in [6, 6.07) is 12.3. The second-order valence-electron chi connectivity index (χ2n) is 6.52. The largest absolute Gasteiger partial charge is 0.358 e. The molecule has 0 spiro atoms. The lowest BCUT2D eigenvalue weighted by Gasteiger charge is -2.22. The maximum Gasteiger partial charge on any atom is 0.223 e. The van der Waals surface area contributed by atoms with E-state index in [9.17, 15) is 9.18 Å². The minimum Gasteiger partial charge on any atom is -0.358 e. The van der Waals surface area contributed by atoms with Gasteiger partial charge in [-0.15, -0.1) is 0 Å². The fourth-order valence-corrected chi connectivity index (χ4v) is 3.75. The standard InChI is InChI=1S/C20H18ClFN2O/c21-14-6-8-19-16(10-14)15-9-12(5-7-18(15)24-19)20(25)23-11-13-3-1-2-4-17(13)22/h1-4,6,8,10,12,24H,5,7,9,11H2,(H,23,25). The summed E-state index contributed by atoms with van der Waals surface area (Å²) in [5.41, 5.74) is 3.93. The molecule has 0 radical (unpaired) electrons. The summed E-state index contributed by atoms with van der Waals surface area (Å²) >= 11 is 6.12. The van der Waals surface area contributed by atoms with Gasteiger partial charge in [0.25, 0.3) is 0 Å². The van der Waals surface area contributed by atoms with Crippen LogP contribution < -0.4 is 5.32 Å². The Morgan fingerprint density at radius 2 is 2.12 bits per heavy atom. The Morgan fingerprint density at radius 1 is 1.28 bits per heavy atom. The number of benzene rings is 2. The lowest BCUT2D eigenvalue weighted by Crippen LogP contribution is -2.33. The predicted molar refractivity (Wildman–Crippen MR) is 97.1 cm³/mol. The van der Waals surface area contributed by atoms with Crippen molar-refractivity contribution in [3.63, 3.8) is 0 Å². The van der Waals surface area contributed by atoms with Crippen molar-refractivity contribution in [2.24, 2.45) is 5.92 Å². The van der Waals surface area contributed by atoms with E-state index < -0.39 is 0 Å². The highest BCUT2D eigenvalue weighted by molar-refractivity contribution is 6.31. The van der Waals surface area contributed by atoms with Gasteiger partial charge in [-0.25, -0.2) is 4.39 Å². The van der Waals surface area contributed by atoms with Gasteiger partial charge in [0.15, 0.2) is 0 Å². The molecule has 1 amide bonds. The number of halogens is 2. The monoisotopic (exact) mass is 356 g/mol. The summed E-state index contributed by atoms with van der Waals surface area (Å²) in [6.45, 7) is 0.217. The van der Waals surface area contributed by atoms with E-state index in [1.54, 1.807) is 18.2 Å². The number of aromatic nitrogens is 1. The fourth-order valence-electron chi connectivity index (χ4n) is 3.58. The number of amides is 1. The molecule has 3 aromatic rings. The SMILES string of the molecule is O=C(NCc1ccccc1F)C1CCc2[nH]c3ccc(Cl)cc3c2C1. The zero-order valence-corrected chi connectivity index (χ0v) is 14.4. The zero-order valence-electron chi connectivity index (χ0n) is 13.6. The van der Waals surface area contributed by atoms with Crippen LogP contribution >= 0.6 is 11.6 Å². The fraction of sp³-hybridized carbons (Fsp3) is 0.250. The first-order chi connectivity index (χ1) is 12.1. The quantitative estimate of drug-likeness (QED) is 0.718. The molecule has 0 fully saturated rings. The number of H-pyrrole nitrogens is 1. The molecule has 1 heterocycles. The van der Waals surface area contributed by atoms with Crippen LogP contribution in [-0.4, -0.2) is 10.9 Å². The van der Waals surface area contributed by atoms with E-state index in [0.29, 0.717) is 17.0 Å². The lowest BCUT2D eigenvalue weighted by molar-refractivity contribution is -0.125. The van der Waals surface area contributed by atoms with Gasteiger partial charge in [0.1, 0.15) is 5.82 Å². The van der Waals surface area contributed by atoms with Crippen molar-refractivity contribution in [1.82, 2.24) is 10.3 Å². The number of rotatable bonds is 3. The number of aryl methyl sites for hydroxylation is 1. The highest BCUT2D eigenvalue weighted by Crippen LogP contribution is 2.33. The average molecular weight is 357 g/mol. The number of nitrogens with one attached hydrogen (secondary N) is 2. The van der Waals surface area contributed by atoms with Crippen LogP contribution in [0.15, 0.2) is 42.5 Å². The molecule has 1 unspecified atom stereocenters. The number of fused-ring (bicyclic) bond motifs is 3. The summed E-state index contributed by atoms with van der Waals surface area (Å²) in [4.78, 5) is 16.0. The summed E-state index contributed by atoms with van der Waals surface area (Å²) in [5.74, 6) is -0.414. The van der Waals surface area contributed by atoms with Gasteiger partial charge < -0.3 is 10.3 Å². The van der Waals surface area contributed by atoms with Crippen molar-refractivity contribution >= 4 is 28.4 Å². The minimum atomic E-state index is -0.292. The molecule has 1 aliphatic carbocycles. The van der Waals surface area contributed by atoms with E-state index in [1.165, 1.54) is 17.3 Å². The first-order valence-corrected chi connectivity index (χ1v) is 8.79. The molecule has 4 rings (SSSR count). The summed E-state index contributed by atoms with van der Waals surface area (Å²) in [6.07, 6.45) is 2.30. The van der Waals surface area contributed by atoms with E-state index >= 15 is 0 Å². The van der Waals surface area contributed by atoms with Crippen molar-refractivity contribution in [3.8, 4) is 0 Å². The smallest absolute Gasteiger partial charge is 0.223 e. The van der Waals surface area contributed by atoms with E-state index in [2.05, 4.69) is 10.3 Å². The van der Waals surface area contributed by atoms with Crippen LogP contribution in [0.4, 0.5) is 4.39 Å². The second-order valence-corrected chi connectivity index (χ2v) is 6.96. The molecule has 0 aliphatic heterocycles. The number of aromatic amines is 1. The van der Waals surface area contributed by atoms with Gasteiger partial charge in [0.05, 0.1) is 0 Å². The molecule has 2 N–H and O–H groups in total. The van der Waals surface area contributed by atoms with Gasteiger partial charge in [-0.3, -0.25) is 4.79 Å². The molecule has 128 valence electrons. The summed E-state index contributed by atoms with van der Waals surface area (Å²) < 4.78 is 13.7. The van der Waals surface area contributed by atoms with E-state index in [1.807, 2.05) is 18.2 Å². The van der Waals surface area contributed by atoms with Gasteiger partial charge in [-0.05, 0) is 49.1 Å². The Labute approximate surface area is 150 Å². The average Bonchev–Trinajstić information content (AvgIpc) is 2.98. The van der Waals surface area contributed by atoms with Crippen LogP contribution in [0.5, 0.6) is 0 Å². The van der Waals surface area contributed by atoms with E-state index in [-0.39, 0.29) is 24.2 Å². The maximum absolute atomic E-state index is 13.7. The molecule has 3 nitrogen and oxygen atoms in total. The molecule has 25 heavy (non-hydrogen) atoms. The Kier molecular flexibility index (Phi) is 4.22. The summed E-state index contributed by atoms with van der Waals surface area (Å²) in [5, 5.41) is 4.66. The van der Waals surface area contributed by atoms with Gasteiger partial charge in [-0.1, -0.05) is 29.8 Å². The molecule has 0 saturated heterocycles. The van der Waals surface area contributed by atoms with Gasteiger partial charge in [0.2, 0.25) is 5.91 Å². The molecular weight excluding hydrogens is 339 g/mol. The number of hydrogen-bond acceptors (Lipinski definition) is 1. The molecule has 2 aromatic carbocycles. The van der Waals surface area contributed by atoms with Crippen LogP contribution in [0, 0.1) is 11.7 Å². The molecule has 0 saturated carbocycles. The van der Waals surface area contributed by atoms with Crippen molar-refractivity contribution in [3.05, 3.63) is 70.1 Å². The van der Waals surface area contributed by atoms with Crippen LogP contribution in [0.25, 0.3) is 10.9 Å². The molecule has 1 aromatic heterocycles. The molecular formula is C20H18ClFN2O. The van der Waals surface area contributed by atoms with Crippen molar-refractivity contribution < 1.29 is 9.18 Å². The van der Waals surface area contributed by atoms with Gasteiger partial charge in [-0.2, -0.15) is 0 Å². The Hall–Kier alpha value is -2.33. The zero-order chi connectivity index (χ0) is 17.4. The first-order valence-electron chi connectivity index (χ1n) is 8.42. The number of hydrogen-bond donors (Lipinski definition) is 2. The third kappa shape index (κ3) is 3.14. The first kappa shape index (κ1) is 16.2. The van der Waals surface area contributed by atoms with Crippen molar-refractivity contribution in [2.45, 2.75) is 25.8 Å². The highest BCUT2D eigenvalue weighted by Gasteiger charge is 2.27. The van der Waals surface area contributed by atoms with Gasteiger partial charge in [0, 0.05) is 39.6 Å². The Morgan fingerprint density at radius 3 is 2.96 bits per heavy atom. The van der Waals surface area contributed by atoms with Crippen LogP contribution in [0.1, 0.15) is 23.2 Å². The Bertz CT molecular complexity index is 950. The van der Waals surface area contributed by atoms with Crippen LogP contribution in [0.3, 0.4) is 0 Å². The second kappa shape index (κ2) is 6.52. The molecule has 5 heteroatoms. The minimum absolute atomic E-state index is 0.0229. The highest BCUT2D eigenvalue weighted by atomic mass is 35.5. The third-order valence-electron chi connectivity index (χ3n) is 4.93. The van der Waals surface area contributed by atoms with Crippen molar-refractivity contribution in [2.75, 3.05) is 0 Å². The number of carbonyl (C=O) groups is 1. The van der Waals surface area contributed by atoms with Crippen LogP contribution in [-0.2, 0) is 24.2 Å². The maximum atomic E-state index is 13.7. The molecule has 1 atom stereocenters. The number of carbonyl (C=O) groups excluding carboxylic acids is 1. The van der Waals surface area contributed by atoms with Crippen molar-refractivity contribution in [1.29, 1.82) is 0 Å².